The Kier molecular flexibility index (Phi) is 3.46. The van der Waals surface area contributed by atoms with Crippen LogP contribution in [0.3, 0.4) is 0 Å². The number of nitrogens with one attached hydrogen (secondary N) is 1. The third-order valence-electron chi connectivity index (χ3n) is 2.66. The van der Waals surface area contributed by atoms with E-state index in [-0.39, 0.29) is 17.9 Å². The fraction of sp³-hybridized carbons (Fsp3) is 0.333. The van der Waals surface area contributed by atoms with Crippen LogP contribution in [0.4, 0.5) is 13.2 Å². The van der Waals surface area contributed by atoms with Gasteiger partial charge in [0.2, 0.25) is 5.82 Å². The van der Waals surface area contributed by atoms with Gasteiger partial charge < -0.3 is 9.72 Å². The molecule has 2 aromatic rings. The lowest BCUT2D eigenvalue weighted by Crippen LogP contribution is -2.06. The number of esters is 1. The first-order valence-electron chi connectivity index (χ1n) is 5.53. The highest BCUT2D eigenvalue weighted by Crippen LogP contribution is 2.28. The number of carbonyl (C=O) groups is 1. The van der Waals surface area contributed by atoms with E-state index in [1.165, 1.54) is 13.2 Å². The van der Waals surface area contributed by atoms with Crippen molar-refractivity contribution in [3.63, 3.8) is 0 Å². The molecule has 19 heavy (non-hydrogen) atoms. The standard InChI is InChI=1S/C12H11F3N2O2/c1-19-10(18)5-3-7-2-4-8-9(6-7)17-11(16-8)12(13,14)15/h2,4,6H,3,5H2,1H3,(H,16,17). The number of halogens is 3. The van der Waals surface area contributed by atoms with Gasteiger partial charge in [-0.15, -0.1) is 0 Å². The van der Waals surface area contributed by atoms with Crippen molar-refractivity contribution in [1.82, 2.24) is 9.97 Å². The minimum Gasteiger partial charge on any atom is -0.469 e. The van der Waals surface area contributed by atoms with Crippen molar-refractivity contribution in [2.45, 2.75) is 19.0 Å². The van der Waals surface area contributed by atoms with Crippen LogP contribution in [0.2, 0.25) is 0 Å². The number of rotatable bonds is 3. The van der Waals surface area contributed by atoms with Crippen molar-refractivity contribution in [2.75, 3.05) is 7.11 Å². The maximum Gasteiger partial charge on any atom is 0.449 e. The average molecular weight is 272 g/mol. The van der Waals surface area contributed by atoms with Gasteiger partial charge in [0.15, 0.2) is 0 Å². The Labute approximate surface area is 106 Å². The number of aryl methyl sites for hydroxylation is 1. The summed E-state index contributed by atoms with van der Waals surface area (Å²) in [6, 6.07) is 4.69. The number of ether oxygens (including phenoxy) is 1. The van der Waals surface area contributed by atoms with Gasteiger partial charge in [-0.05, 0) is 24.1 Å². The van der Waals surface area contributed by atoms with Gasteiger partial charge in [-0.1, -0.05) is 6.07 Å². The van der Waals surface area contributed by atoms with E-state index < -0.39 is 12.0 Å². The molecule has 102 valence electrons. The molecule has 0 atom stereocenters. The summed E-state index contributed by atoms with van der Waals surface area (Å²) in [5.74, 6) is -1.38. The molecule has 0 aliphatic rings. The Hall–Kier alpha value is -2.05. The summed E-state index contributed by atoms with van der Waals surface area (Å²) >= 11 is 0. The second kappa shape index (κ2) is 4.91. The molecule has 0 fully saturated rings. The topological polar surface area (TPSA) is 55.0 Å². The maximum absolute atomic E-state index is 12.5. The van der Waals surface area contributed by atoms with Crippen molar-refractivity contribution in [2.24, 2.45) is 0 Å². The van der Waals surface area contributed by atoms with Crippen molar-refractivity contribution in [3.8, 4) is 0 Å². The minimum atomic E-state index is -4.49. The van der Waals surface area contributed by atoms with Crippen molar-refractivity contribution in [1.29, 1.82) is 0 Å². The number of carbonyl (C=O) groups excluding carboxylic acids is 1. The summed E-state index contributed by atoms with van der Waals surface area (Å²) < 4.78 is 41.9. The van der Waals surface area contributed by atoms with Gasteiger partial charge in [-0.3, -0.25) is 4.79 Å². The summed E-state index contributed by atoms with van der Waals surface area (Å²) in [4.78, 5) is 16.7. The fourth-order valence-corrected chi connectivity index (χ4v) is 1.69. The van der Waals surface area contributed by atoms with E-state index in [4.69, 9.17) is 0 Å². The molecule has 4 nitrogen and oxygen atoms in total. The normalized spacial score (nSPS) is 11.8. The molecule has 0 spiro atoms. The van der Waals surface area contributed by atoms with Crippen LogP contribution in [0.15, 0.2) is 18.2 Å². The molecule has 0 amide bonds. The van der Waals surface area contributed by atoms with E-state index in [1.54, 1.807) is 12.1 Å². The monoisotopic (exact) mass is 272 g/mol. The first-order chi connectivity index (χ1) is 8.90. The second-order valence-electron chi connectivity index (χ2n) is 4.01. The molecule has 0 saturated carbocycles. The van der Waals surface area contributed by atoms with E-state index in [0.29, 0.717) is 11.9 Å². The Bertz CT molecular complexity index is 605. The van der Waals surface area contributed by atoms with Crippen LogP contribution in [0.1, 0.15) is 17.8 Å². The lowest BCUT2D eigenvalue weighted by molar-refractivity contribution is -0.144. The molecular weight excluding hydrogens is 261 g/mol. The third-order valence-corrected chi connectivity index (χ3v) is 2.66. The molecule has 1 aromatic heterocycles. The lowest BCUT2D eigenvalue weighted by atomic mass is 10.1. The smallest absolute Gasteiger partial charge is 0.449 e. The number of methoxy groups -OCH3 is 1. The van der Waals surface area contributed by atoms with Crippen molar-refractivity contribution in [3.05, 3.63) is 29.6 Å². The van der Waals surface area contributed by atoms with Crippen LogP contribution in [-0.2, 0) is 22.1 Å². The highest BCUT2D eigenvalue weighted by molar-refractivity contribution is 5.76. The van der Waals surface area contributed by atoms with Gasteiger partial charge in [0.05, 0.1) is 18.1 Å². The number of alkyl halides is 3. The zero-order valence-electron chi connectivity index (χ0n) is 10.0. The number of nitrogens with zero attached hydrogens (tertiary/aromatic N) is 1. The van der Waals surface area contributed by atoms with Gasteiger partial charge in [-0.25, -0.2) is 4.98 Å². The largest absolute Gasteiger partial charge is 0.469 e. The molecule has 1 N–H and O–H groups in total. The van der Waals surface area contributed by atoms with Crippen molar-refractivity contribution >= 4 is 17.0 Å². The zero-order valence-corrected chi connectivity index (χ0v) is 10.0. The number of hydrogen-bond acceptors (Lipinski definition) is 3. The molecule has 0 aliphatic carbocycles. The first kappa shape index (κ1) is 13.4. The highest BCUT2D eigenvalue weighted by atomic mass is 19.4. The van der Waals surface area contributed by atoms with Crippen LogP contribution in [0.25, 0.3) is 11.0 Å². The number of imidazole rings is 1. The minimum absolute atomic E-state index is 0.183. The molecule has 0 bridgehead atoms. The zero-order chi connectivity index (χ0) is 14.0. The Balaban J connectivity index is 2.23. The SMILES string of the molecule is COC(=O)CCc1ccc2nc(C(F)(F)F)[nH]c2c1. The van der Waals surface area contributed by atoms with E-state index >= 15 is 0 Å². The first-order valence-corrected chi connectivity index (χ1v) is 5.53. The molecule has 0 aliphatic heterocycles. The summed E-state index contributed by atoms with van der Waals surface area (Å²) in [5, 5.41) is 0. The fourth-order valence-electron chi connectivity index (χ4n) is 1.69. The molecule has 0 unspecified atom stereocenters. The number of hydrogen-bond donors (Lipinski definition) is 1. The van der Waals surface area contributed by atoms with Gasteiger partial charge in [0.25, 0.3) is 0 Å². The van der Waals surface area contributed by atoms with Crippen molar-refractivity contribution < 1.29 is 22.7 Å². The Morgan fingerprint density at radius 1 is 1.42 bits per heavy atom. The number of fused-ring (bicyclic) bond motifs is 1. The molecule has 0 radical (unpaired) electrons. The molecular formula is C12H11F3N2O2. The lowest BCUT2D eigenvalue weighted by Gasteiger charge is -2.00. The summed E-state index contributed by atoms with van der Waals surface area (Å²) in [6.45, 7) is 0. The predicted molar refractivity (Wildman–Crippen MR) is 61.4 cm³/mol. The quantitative estimate of drug-likeness (QED) is 0.874. The van der Waals surface area contributed by atoms with Crippen LogP contribution in [0.5, 0.6) is 0 Å². The van der Waals surface area contributed by atoms with Crippen LogP contribution in [0, 0.1) is 0 Å². The summed E-state index contributed by atoms with van der Waals surface area (Å²) in [5.41, 5.74) is 1.29. The molecule has 7 heteroatoms. The van der Waals surface area contributed by atoms with Gasteiger partial charge in [0.1, 0.15) is 0 Å². The van der Waals surface area contributed by atoms with E-state index in [2.05, 4.69) is 14.7 Å². The number of aromatic amines is 1. The highest BCUT2D eigenvalue weighted by Gasteiger charge is 2.34. The molecule has 1 aromatic carbocycles. The Morgan fingerprint density at radius 2 is 2.16 bits per heavy atom. The average Bonchev–Trinajstić information content (AvgIpc) is 2.78. The summed E-state index contributed by atoms with van der Waals surface area (Å²) in [6.07, 6.45) is -3.91. The Morgan fingerprint density at radius 3 is 2.79 bits per heavy atom. The second-order valence-corrected chi connectivity index (χ2v) is 4.01. The molecule has 2 rings (SSSR count). The summed E-state index contributed by atoms with van der Waals surface area (Å²) in [7, 11) is 1.29. The van der Waals surface area contributed by atoms with Crippen LogP contribution in [-0.4, -0.2) is 23.0 Å². The number of aromatic nitrogens is 2. The van der Waals surface area contributed by atoms with Gasteiger partial charge >= 0.3 is 12.1 Å². The number of H-pyrrole nitrogens is 1. The van der Waals surface area contributed by atoms with E-state index in [1.807, 2.05) is 0 Å². The molecule has 1 heterocycles. The maximum atomic E-state index is 12.5. The predicted octanol–water partition coefficient (Wildman–Crippen LogP) is 2.69. The van der Waals surface area contributed by atoms with E-state index in [0.717, 1.165) is 5.56 Å². The van der Waals surface area contributed by atoms with Crippen LogP contribution < -0.4 is 0 Å². The number of benzene rings is 1. The van der Waals surface area contributed by atoms with Gasteiger partial charge in [-0.2, -0.15) is 13.2 Å². The van der Waals surface area contributed by atoms with Gasteiger partial charge in [0, 0.05) is 6.42 Å². The molecule has 0 saturated heterocycles. The van der Waals surface area contributed by atoms with E-state index in [9.17, 15) is 18.0 Å². The third kappa shape index (κ3) is 3.04. The van der Waals surface area contributed by atoms with Crippen LogP contribution >= 0.6 is 0 Å².